The molecule has 0 aliphatic heterocycles. The molecule has 0 aliphatic rings. The highest BCUT2D eigenvalue weighted by molar-refractivity contribution is 5.81. The van der Waals surface area contributed by atoms with Crippen molar-refractivity contribution in [3.8, 4) is 0 Å². The first kappa shape index (κ1) is 15.3. The Kier molecular flexibility index (Phi) is 8.15. The number of amides is 1. The maximum atomic E-state index is 12.0. The highest BCUT2D eigenvalue weighted by atomic mass is 16.5. The highest BCUT2D eigenvalue weighted by Crippen LogP contribution is 2.08. The number of hydrogen-bond donors (Lipinski definition) is 2. The van der Waals surface area contributed by atoms with Gasteiger partial charge in [-0.2, -0.15) is 0 Å². The van der Waals surface area contributed by atoms with E-state index in [-0.39, 0.29) is 18.4 Å². The van der Waals surface area contributed by atoms with Crippen LogP contribution < -0.4 is 5.73 Å². The van der Waals surface area contributed by atoms with Crippen molar-refractivity contribution in [2.75, 3.05) is 33.4 Å². The van der Waals surface area contributed by atoms with Crippen molar-refractivity contribution >= 4 is 5.91 Å². The Morgan fingerprint density at radius 3 is 2.56 bits per heavy atom. The number of aliphatic hydroxyl groups is 1. The summed E-state index contributed by atoms with van der Waals surface area (Å²) < 4.78 is 4.92. The van der Waals surface area contributed by atoms with E-state index < -0.39 is 6.04 Å². The third-order valence-electron chi connectivity index (χ3n) is 2.79. The van der Waals surface area contributed by atoms with Crippen molar-refractivity contribution in [1.29, 1.82) is 0 Å². The van der Waals surface area contributed by atoms with Crippen LogP contribution in [0.3, 0.4) is 0 Å². The molecule has 0 radical (unpaired) electrons. The fraction of sp³-hybridized carbons (Fsp3) is 0.909. The summed E-state index contributed by atoms with van der Waals surface area (Å²) in [6.07, 6.45) is 0.865. The second-order valence-electron chi connectivity index (χ2n) is 3.95. The summed E-state index contributed by atoms with van der Waals surface area (Å²) in [5.41, 5.74) is 5.86. The molecule has 16 heavy (non-hydrogen) atoms. The van der Waals surface area contributed by atoms with Gasteiger partial charge in [-0.3, -0.25) is 4.79 Å². The molecule has 0 aromatic carbocycles. The fourth-order valence-electron chi connectivity index (χ4n) is 1.36. The predicted octanol–water partition coefficient (Wildman–Crippen LogP) is -0.173. The van der Waals surface area contributed by atoms with Gasteiger partial charge in [-0.25, -0.2) is 0 Å². The Hall–Kier alpha value is -0.650. The molecule has 0 aliphatic carbocycles. The molecule has 0 fully saturated rings. The first-order valence-electron chi connectivity index (χ1n) is 5.72. The molecule has 0 bridgehead atoms. The van der Waals surface area contributed by atoms with E-state index in [2.05, 4.69) is 0 Å². The summed E-state index contributed by atoms with van der Waals surface area (Å²) in [7, 11) is 1.58. The molecule has 96 valence electrons. The minimum absolute atomic E-state index is 0.0529. The van der Waals surface area contributed by atoms with Crippen molar-refractivity contribution in [3.05, 3.63) is 0 Å². The van der Waals surface area contributed by atoms with Gasteiger partial charge in [-0.05, 0) is 5.92 Å². The Bertz CT molecular complexity index is 200. The Labute approximate surface area is 97.6 Å². The van der Waals surface area contributed by atoms with Crippen molar-refractivity contribution in [1.82, 2.24) is 4.90 Å². The fourth-order valence-corrected chi connectivity index (χ4v) is 1.36. The topological polar surface area (TPSA) is 75.8 Å². The van der Waals surface area contributed by atoms with Crippen LogP contribution in [-0.2, 0) is 9.53 Å². The van der Waals surface area contributed by atoms with Crippen LogP contribution in [0.4, 0.5) is 0 Å². The van der Waals surface area contributed by atoms with Crippen LogP contribution in [-0.4, -0.2) is 55.4 Å². The van der Waals surface area contributed by atoms with E-state index >= 15 is 0 Å². The Morgan fingerprint density at radius 2 is 2.12 bits per heavy atom. The summed E-state index contributed by atoms with van der Waals surface area (Å²) >= 11 is 0. The lowest BCUT2D eigenvalue weighted by atomic mass is 9.99. The van der Waals surface area contributed by atoms with E-state index in [1.165, 1.54) is 0 Å². The zero-order valence-electron chi connectivity index (χ0n) is 10.5. The van der Waals surface area contributed by atoms with E-state index in [4.69, 9.17) is 15.6 Å². The van der Waals surface area contributed by atoms with Gasteiger partial charge in [-0.15, -0.1) is 0 Å². The average molecular weight is 232 g/mol. The van der Waals surface area contributed by atoms with Crippen LogP contribution in [0.5, 0.6) is 0 Å². The molecule has 0 rings (SSSR count). The molecule has 0 heterocycles. The molecule has 3 N–H and O–H groups in total. The third kappa shape index (κ3) is 4.92. The quantitative estimate of drug-likeness (QED) is 0.609. The van der Waals surface area contributed by atoms with E-state index in [1.807, 2.05) is 13.8 Å². The smallest absolute Gasteiger partial charge is 0.239 e. The molecule has 5 nitrogen and oxygen atoms in total. The number of nitrogens with two attached hydrogens (primary N) is 1. The van der Waals surface area contributed by atoms with Crippen LogP contribution in [0.15, 0.2) is 0 Å². The van der Waals surface area contributed by atoms with Crippen LogP contribution in [0.2, 0.25) is 0 Å². The normalized spacial score (nSPS) is 14.6. The SMILES string of the molecule is CC[C@H](C)[C@H](N)C(=O)N(CCO)CCOC. The minimum atomic E-state index is -0.492. The number of carbonyl (C=O) groups is 1. The highest BCUT2D eigenvalue weighted by Gasteiger charge is 2.24. The maximum absolute atomic E-state index is 12.0. The number of nitrogens with zero attached hydrogens (tertiary/aromatic N) is 1. The second kappa shape index (κ2) is 8.50. The standard InChI is InChI=1S/C11H24N2O3/c1-4-9(2)10(12)11(15)13(5-7-14)6-8-16-3/h9-10,14H,4-8,12H2,1-3H3/t9-,10-/m0/s1. The molecule has 0 spiro atoms. The Balaban J connectivity index is 4.34. The van der Waals surface area contributed by atoms with Gasteiger partial charge in [-0.1, -0.05) is 20.3 Å². The summed E-state index contributed by atoms with van der Waals surface area (Å²) in [4.78, 5) is 13.5. The number of ether oxygens (including phenoxy) is 1. The van der Waals surface area contributed by atoms with Crippen LogP contribution >= 0.6 is 0 Å². The lowest BCUT2D eigenvalue weighted by Crippen LogP contribution is -2.48. The van der Waals surface area contributed by atoms with Crippen molar-refractivity contribution in [2.24, 2.45) is 11.7 Å². The molecular weight excluding hydrogens is 208 g/mol. The second-order valence-corrected chi connectivity index (χ2v) is 3.95. The maximum Gasteiger partial charge on any atom is 0.239 e. The average Bonchev–Trinajstić information content (AvgIpc) is 2.31. The van der Waals surface area contributed by atoms with Gasteiger partial charge in [0.05, 0.1) is 19.3 Å². The minimum Gasteiger partial charge on any atom is -0.395 e. The Morgan fingerprint density at radius 1 is 1.50 bits per heavy atom. The lowest BCUT2D eigenvalue weighted by Gasteiger charge is -2.27. The van der Waals surface area contributed by atoms with Crippen molar-refractivity contribution in [2.45, 2.75) is 26.3 Å². The molecule has 0 saturated carbocycles. The first-order valence-corrected chi connectivity index (χ1v) is 5.72. The molecule has 0 saturated heterocycles. The number of rotatable bonds is 8. The van der Waals surface area contributed by atoms with Gasteiger partial charge >= 0.3 is 0 Å². The first-order chi connectivity index (χ1) is 7.58. The van der Waals surface area contributed by atoms with Gasteiger partial charge in [0, 0.05) is 20.2 Å². The summed E-state index contributed by atoms with van der Waals surface area (Å²) in [6, 6.07) is -0.492. The van der Waals surface area contributed by atoms with Crippen molar-refractivity contribution < 1.29 is 14.6 Å². The lowest BCUT2D eigenvalue weighted by molar-refractivity contribution is -0.134. The third-order valence-corrected chi connectivity index (χ3v) is 2.79. The largest absolute Gasteiger partial charge is 0.395 e. The van der Waals surface area contributed by atoms with Crippen LogP contribution in [0.25, 0.3) is 0 Å². The van der Waals surface area contributed by atoms with Crippen LogP contribution in [0, 0.1) is 5.92 Å². The molecule has 2 atom stereocenters. The van der Waals surface area contributed by atoms with E-state index in [9.17, 15) is 4.79 Å². The number of methoxy groups -OCH3 is 1. The number of hydrogen-bond acceptors (Lipinski definition) is 4. The van der Waals surface area contributed by atoms with Gasteiger partial charge < -0.3 is 20.5 Å². The van der Waals surface area contributed by atoms with Crippen molar-refractivity contribution in [3.63, 3.8) is 0 Å². The molecule has 0 aromatic rings. The van der Waals surface area contributed by atoms with Gasteiger partial charge in [0.15, 0.2) is 0 Å². The van der Waals surface area contributed by atoms with E-state index in [0.29, 0.717) is 19.7 Å². The molecule has 0 unspecified atom stereocenters. The number of aliphatic hydroxyl groups excluding tert-OH is 1. The molecule has 5 heteroatoms. The zero-order valence-corrected chi connectivity index (χ0v) is 10.5. The molecular formula is C11H24N2O3. The van der Waals surface area contributed by atoms with Gasteiger partial charge in [0.2, 0.25) is 5.91 Å². The number of carbonyl (C=O) groups excluding carboxylic acids is 1. The van der Waals surface area contributed by atoms with Crippen LogP contribution in [0.1, 0.15) is 20.3 Å². The summed E-state index contributed by atoms with van der Waals surface area (Å²) in [6.45, 7) is 5.15. The van der Waals surface area contributed by atoms with E-state index in [1.54, 1.807) is 12.0 Å². The van der Waals surface area contributed by atoms with Gasteiger partial charge in [0.25, 0.3) is 0 Å². The summed E-state index contributed by atoms with van der Waals surface area (Å²) in [5, 5.41) is 8.89. The zero-order chi connectivity index (χ0) is 12.6. The molecule has 1 amide bonds. The van der Waals surface area contributed by atoms with Gasteiger partial charge in [0.1, 0.15) is 0 Å². The summed E-state index contributed by atoms with van der Waals surface area (Å²) in [5.74, 6) is 0.0386. The predicted molar refractivity (Wildman–Crippen MR) is 63.0 cm³/mol. The monoisotopic (exact) mass is 232 g/mol. The van der Waals surface area contributed by atoms with E-state index in [0.717, 1.165) is 6.42 Å². The molecule has 0 aromatic heterocycles.